The molecule has 1 saturated heterocycles. The first-order valence-corrected chi connectivity index (χ1v) is 8.03. The van der Waals surface area contributed by atoms with E-state index in [4.69, 9.17) is 4.74 Å². The third-order valence-corrected chi connectivity index (χ3v) is 4.42. The smallest absolute Gasteiger partial charge is 0.191 e. The molecule has 5 nitrogen and oxygen atoms in total. The summed E-state index contributed by atoms with van der Waals surface area (Å²) in [5.74, 6) is 0.945. The molecule has 0 aromatic rings. The number of ether oxygens (including phenoxy) is 1. The SMILES string of the molecule is CCCC1(CNC(=NC)NCCN2CCOCC2)CC1.I. The number of hydrogen-bond acceptors (Lipinski definition) is 3. The van der Waals surface area contributed by atoms with E-state index in [0.29, 0.717) is 5.41 Å². The minimum atomic E-state index is 0. The first kappa shape index (κ1) is 19.0. The first-order chi connectivity index (χ1) is 9.78. The lowest BCUT2D eigenvalue weighted by Crippen LogP contribution is -2.45. The van der Waals surface area contributed by atoms with E-state index in [1.165, 1.54) is 25.7 Å². The van der Waals surface area contributed by atoms with Crippen molar-refractivity contribution >= 4 is 29.9 Å². The van der Waals surface area contributed by atoms with Gasteiger partial charge in [-0.15, -0.1) is 24.0 Å². The molecule has 0 radical (unpaired) electrons. The van der Waals surface area contributed by atoms with Crippen molar-refractivity contribution in [2.75, 3.05) is 53.0 Å². The topological polar surface area (TPSA) is 48.9 Å². The maximum absolute atomic E-state index is 5.36. The zero-order chi connectivity index (χ0) is 14.3. The molecule has 1 heterocycles. The lowest BCUT2D eigenvalue weighted by Gasteiger charge is -2.27. The summed E-state index contributed by atoms with van der Waals surface area (Å²) in [6, 6.07) is 0. The molecule has 2 fully saturated rings. The van der Waals surface area contributed by atoms with Crippen molar-refractivity contribution < 1.29 is 4.74 Å². The van der Waals surface area contributed by atoms with E-state index < -0.39 is 0 Å². The van der Waals surface area contributed by atoms with Gasteiger partial charge in [-0.2, -0.15) is 0 Å². The van der Waals surface area contributed by atoms with Gasteiger partial charge < -0.3 is 15.4 Å². The highest BCUT2D eigenvalue weighted by Crippen LogP contribution is 2.48. The Hall–Kier alpha value is -0.0800. The number of hydrogen-bond donors (Lipinski definition) is 2. The van der Waals surface area contributed by atoms with Gasteiger partial charge in [-0.05, 0) is 24.7 Å². The Morgan fingerprint density at radius 2 is 1.95 bits per heavy atom. The highest BCUT2D eigenvalue weighted by atomic mass is 127. The van der Waals surface area contributed by atoms with E-state index in [2.05, 4.69) is 27.4 Å². The van der Waals surface area contributed by atoms with Crippen LogP contribution in [-0.2, 0) is 4.74 Å². The largest absolute Gasteiger partial charge is 0.379 e. The van der Waals surface area contributed by atoms with Crippen molar-refractivity contribution in [3.05, 3.63) is 0 Å². The van der Waals surface area contributed by atoms with E-state index in [1.54, 1.807) is 0 Å². The average molecular weight is 410 g/mol. The average Bonchev–Trinajstić information content (AvgIpc) is 3.24. The summed E-state index contributed by atoms with van der Waals surface area (Å²) in [5.41, 5.74) is 0.566. The lowest BCUT2D eigenvalue weighted by molar-refractivity contribution is 0.0389. The van der Waals surface area contributed by atoms with Gasteiger partial charge in [-0.3, -0.25) is 9.89 Å². The van der Waals surface area contributed by atoms with Crippen LogP contribution in [0.15, 0.2) is 4.99 Å². The van der Waals surface area contributed by atoms with Crippen LogP contribution in [0.25, 0.3) is 0 Å². The van der Waals surface area contributed by atoms with Gasteiger partial charge in [0.05, 0.1) is 13.2 Å². The molecule has 0 unspecified atom stereocenters. The molecule has 2 aliphatic rings. The Morgan fingerprint density at radius 3 is 2.52 bits per heavy atom. The van der Waals surface area contributed by atoms with Crippen molar-refractivity contribution in [1.82, 2.24) is 15.5 Å². The van der Waals surface area contributed by atoms with Crippen LogP contribution in [0.2, 0.25) is 0 Å². The van der Waals surface area contributed by atoms with E-state index >= 15 is 0 Å². The van der Waals surface area contributed by atoms with Crippen molar-refractivity contribution in [3.63, 3.8) is 0 Å². The number of halogens is 1. The van der Waals surface area contributed by atoms with Crippen molar-refractivity contribution in [1.29, 1.82) is 0 Å². The number of aliphatic imine (C=N–C) groups is 1. The van der Waals surface area contributed by atoms with E-state index in [-0.39, 0.29) is 24.0 Å². The molecule has 0 aromatic carbocycles. The Morgan fingerprint density at radius 1 is 1.24 bits per heavy atom. The van der Waals surface area contributed by atoms with Crippen molar-refractivity contribution in [3.8, 4) is 0 Å². The maximum atomic E-state index is 5.36. The maximum Gasteiger partial charge on any atom is 0.191 e. The predicted molar refractivity (Wildman–Crippen MR) is 98.6 cm³/mol. The molecule has 1 saturated carbocycles. The number of rotatable bonds is 7. The molecule has 21 heavy (non-hydrogen) atoms. The van der Waals surface area contributed by atoms with Crippen LogP contribution in [0.5, 0.6) is 0 Å². The van der Waals surface area contributed by atoms with Crippen LogP contribution in [0, 0.1) is 5.41 Å². The lowest BCUT2D eigenvalue weighted by atomic mass is 10.0. The summed E-state index contributed by atoms with van der Waals surface area (Å²) in [4.78, 5) is 6.75. The van der Waals surface area contributed by atoms with Crippen LogP contribution < -0.4 is 10.6 Å². The Labute approximate surface area is 146 Å². The fourth-order valence-corrected chi connectivity index (χ4v) is 2.87. The van der Waals surface area contributed by atoms with Crippen molar-refractivity contribution in [2.24, 2.45) is 10.4 Å². The third-order valence-electron chi connectivity index (χ3n) is 4.42. The summed E-state index contributed by atoms with van der Waals surface area (Å²) in [6.45, 7) is 9.18. The molecule has 2 rings (SSSR count). The van der Waals surface area contributed by atoms with Gasteiger partial charge in [0.1, 0.15) is 0 Å². The molecule has 0 amide bonds. The van der Waals surface area contributed by atoms with Gasteiger partial charge in [-0.1, -0.05) is 13.3 Å². The van der Waals surface area contributed by atoms with Crippen LogP contribution >= 0.6 is 24.0 Å². The molecule has 6 heteroatoms. The normalized spacial score (nSPS) is 21.5. The molecule has 0 atom stereocenters. The van der Waals surface area contributed by atoms with Gasteiger partial charge in [0.25, 0.3) is 0 Å². The fourth-order valence-electron chi connectivity index (χ4n) is 2.87. The second-order valence-corrected chi connectivity index (χ2v) is 6.06. The summed E-state index contributed by atoms with van der Waals surface area (Å²) >= 11 is 0. The first-order valence-electron chi connectivity index (χ1n) is 8.03. The highest BCUT2D eigenvalue weighted by Gasteiger charge is 2.41. The Kier molecular flexibility index (Phi) is 8.89. The van der Waals surface area contributed by atoms with Crippen LogP contribution in [0.1, 0.15) is 32.6 Å². The van der Waals surface area contributed by atoms with E-state index in [9.17, 15) is 0 Å². The van der Waals surface area contributed by atoms with Gasteiger partial charge in [0.2, 0.25) is 0 Å². The number of nitrogens with one attached hydrogen (secondary N) is 2. The van der Waals surface area contributed by atoms with Gasteiger partial charge in [0.15, 0.2) is 5.96 Å². The summed E-state index contributed by atoms with van der Waals surface area (Å²) < 4.78 is 5.36. The molecule has 1 aliphatic heterocycles. The van der Waals surface area contributed by atoms with E-state index in [1.807, 2.05) is 7.05 Å². The van der Waals surface area contributed by atoms with Gasteiger partial charge >= 0.3 is 0 Å². The zero-order valence-corrected chi connectivity index (χ0v) is 15.8. The fraction of sp³-hybridized carbons (Fsp3) is 0.933. The Bertz CT molecular complexity index is 315. The molecule has 0 spiro atoms. The van der Waals surface area contributed by atoms with Gasteiger partial charge in [0, 0.05) is 39.8 Å². The zero-order valence-electron chi connectivity index (χ0n) is 13.5. The second kappa shape index (κ2) is 9.84. The summed E-state index contributed by atoms with van der Waals surface area (Å²) in [6.07, 6.45) is 5.37. The molecule has 2 N–H and O–H groups in total. The van der Waals surface area contributed by atoms with Crippen LogP contribution in [-0.4, -0.2) is 63.8 Å². The molecular formula is C15H31IN4O. The third kappa shape index (κ3) is 6.69. The summed E-state index contributed by atoms with van der Waals surface area (Å²) in [5, 5.41) is 6.91. The molecule has 0 aromatic heterocycles. The van der Waals surface area contributed by atoms with Crippen molar-refractivity contribution in [2.45, 2.75) is 32.6 Å². The van der Waals surface area contributed by atoms with Crippen LogP contribution in [0.3, 0.4) is 0 Å². The number of morpholine rings is 1. The van der Waals surface area contributed by atoms with E-state index in [0.717, 1.165) is 51.9 Å². The number of nitrogens with zero attached hydrogens (tertiary/aromatic N) is 2. The molecule has 0 bridgehead atoms. The summed E-state index contributed by atoms with van der Waals surface area (Å²) in [7, 11) is 1.85. The minimum Gasteiger partial charge on any atom is -0.379 e. The number of guanidine groups is 1. The molecular weight excluding hydrogens is 379 g/mol. The second-order valence-electron chi connectivity index (χ2n) is 6.06. The molecule has 1 aliphatic carbocycles. The standard InChI is InChI=1S/C15H30N4O.HI/c1-3-4-15(5-6-15)13-18-14(16-2)17-7-8-19-9-11-20-12-10-19;/h3-13H2,1-2H3,(H2,16,17,18);1H. The Balaban J connectivity index is 0.00000220. The van der Waals surface area contributed by atoms with Gasteiger partial charge in [-0.25, -0.2) is 0 Å². The quantitative estimate of drug-likeness (QED) is 0.381. The van der Waals surface area contributed by atoms with Crippen LogP contribution in [0.4, 0.5) is 0 Å². The minimum absolute atomic E-state index is 0. The molecule has 124 valence electrons. The monoisotopic (exact) mass is 410 g/mol. The predicted octanol–water partition coefficient (Wildman–Crippen LogP) is 1.68. The highest BCUT2D eigenvalue weighted by molar-refractivity contribution is 14.0.